The number of halogens is 1. The van der Waals surface area contributed by atoms with Crippen molar-refractivity contribution in [3.05, 3.63) is 47.4 Å². The summed E-state index contributed by atoms with van der Waals surface area (Å²) in [4.78, 5) is 0. The summed E-state index contributed by atoms with van der Waals surface area (Å²) in [6.07, 6.45) is -0.370. The number of benzene rings is 1. The zero-order valence-electron chi connectivity index (χ0n) is 10.2. The summed E-state index contributed by atoms with van der Waals surface area (Å²) in [5.74, 6) is 1.98. The molecule has 0 amide bonds. The van der Waals surface area contributed by atoms with Gasteiger partial charge in [0, 0.05) is 0 Å². The molecule has 6 nitrogen and oxygen atoms in total. The number of hydrogen-bond acceptors (Lipinski definition) is 5. The van der Waals surface area contributed by atoms with Crippen molar-refractivity contribution in [1.82, 2.24) is 19.8 Å². The van der Waals surface area contributed by atoms with Crippen LogP contribution in [-0.4, -0.2) is 26.4 Å². The van der Waals surface area contributed by atoms with E-state index in [0.29, 0.717) is 29.0 Å². The second kappa shape index (κ2) is 4.35. The van der Waals surface area contributed by atoms with E-state index in [9.17, 15) is 0 Å². The highest BCUT2D eigenvalue weighted by Gasteiger charge is 2.27. The van der Waals surface area contributed by atoms with Crippen LogP contribution in [0.2, 0.25) is 5.15 Å². The zero-order chi connectivity index (χ0) is 13.5. The van der Waals surface area contributed by atoms with Crippen LogP contribution in [0.1, 0.15) is 11.9 Å². The molecule has 0 radical (unpaired) electrons. The maximum Gasteiger partial charge on any atom is 0.199 e. The second-order valence-electron chi connectivity index (χ2n) is 4.35. The molecular formula is C13H9ClN4O2. The number of aromatic nitrogens is 4. The van der Waals surface area contributed by atoms with Crippen molar-refractivity contribution in [2.24, 2.45) is 0 Å². The quantitative estimate of drug-likeness (QED) is 0.687. The van der Waals surface area contributed by atoms with Crippen molar-refractivity contribution < 1.29 is 9.47 Å². The fraction of sp³-hybridized carbons (Fsp3) is 0.154. The minimum atomic E-state index is -0.370. The lowest BCUT2D eigenvalue weighted by Crippen LogP contribution is -2.24. The SMILES string of the molecule is Clc1ccc2nnc(C3COc4ccccc4O3)n2n1. The first kappa shape index (κ1) is 11.5. The van der Waals surface area contributed by atoms with Crippen molar-refractivity contribution in [3.63, 3.8) is 0 Å². The topological polar surface area (TPSA) is 61.5 Å². The third-order valence-corrected chi connectivity index (χ3v) is 3.25. The van der Waals surface area contributed by atoms with Crippen molar-refractivity contribution in [2.75, 3.05) is 6.61 Å². The predicted molar refractivity (Wildman–Crippen MR) is 71.1 cm³/mol. The van der Waals surface area contributed by atoms with Crippen molar-refractivity contribution in [2.45, 2.75) is 6.10 Å². The van der Waals surface area contributed by atoms with Gasteiger partial charge >= 0.3 is 0 Å². The Kier molecular flexibility index (Phi) is 2.50. The van der Waals surface area contributed by atoms with Crippen LogP contribution in [0.4, 0.5) is 0 Å². The molecular weight excluding hydrogens is 280 g/mol. The summed E-state index contributed by atoms with van der Waals surface area (Å²) in [6, 6.07) is 10.9. The van der Waals surface area contributed by atoms with E-state index in [2.05, 4.69) is 15.3 Å². The normalized spacial score (nSPS) is 17.4. The Balaban J connectivity index is 1.76. The molecule has 1 aliphatic heterocycles. The van der Waals surface area contributed by atoms with Gasteiger partial charge in [-0.15, -0.1) is 10.2 Å². The van der Waals surface area contributed by atoms with Crippen LogP contribution in [-0.2, 0) is 0 Å². The van der Waals surface area contributed by atoms with E-state index in [0.717, 1.165) is 5.75 Å². The lowest BCUT2D eigenvalue weighted by molar-refractivity contribution is 0.0835. The number of para-hydroxylation sites is 2. The van der Waals surface area contributed by atoms with Crippen LogP contribution in [0.15, 0.2) is 36.4 Å². The first-order valence-corrected chi connectivity index (χ1v) is 6.45. The molecule has 1 aliphatic rings. The van der Waals surface area contributed by atoms with E-state index in [1.54, 1.807) is 16.6 Å². The van der Waals surface area contributed by atoms with E-state index in [4.69, 9.17) is 21.1 Å². The van der Waals surface area contributed by atoms with Crippen molar-refractivity contribution >= 4 is 17.2 Å². The number of rotatable bonds is 1. The monoisotopic (exact) mass is 288 g/mol. The third kappa shape index (κ3) is 1.77. The van der Waals surface area contributed by atoms with Gasteiger partial charge in [-0.05, 0) is 24.3 Å². The largest absolute Gasteiger partial charge is 0.485 e. The molecule has 1 atom stereocenters. The molecule has 2 aromatic heterocycles. The van der Waals surface area contributed by atoms with E-state index in [1.165, 1.54) is 0 Å². The molecule has 1 unspecified atom stereocenters. The van der Waals surface area contributed by atoms with Gasteiger partial charge in [-0.2, -0.15) is 9.61 Å². The summed E-state index contributed by atoms with van der Waals surface area (Å²) in [7, 11) is 0. The summed E-state index contributed by atoms with van der Waals surface area (Å²) in [6.45, 7) is 0.353. The van der Waals surface area contributed by atoms with Crippen LogP contribution < -0.4 is 9.47 Å². The standard InChI is InChI=1S/C13H9ClN4O2/c14-11-5-6-12-15-16-13(18(12)17-11)10-7-19-8-3-1-2-4-9(8)20-10/h1-6,10H,7H2. The van der Waals surface area contributed by atoms with Crippen LogP contribution in [0.3, 0.4) is 0 Å². The fourth-order valence-corrected chi connectivity index (χ4v) is 2.27. The average molecular weight is 289 g/mol. The number of nitrogens with zero attached hydrogens (tertiary/aromatic N) is 4. The van der Waals surface area contributed by atoms with Crippen molar-refractivity contribution in [3.8, 4) is 11.5 Å². The molecule has 0 N–H and O–H groups in total. The van der Waals surface area contributed by atoms with Gasteiger partial charge in [0.1, 0.15) is 11.8 Å². The highest BCUT2D eigenvalue weighted by Crippen LogP contribution is 2.35. The average Bonchev–Trinajstić information content (AvgIpc) is 2.89. The molecule has 3 heterocycles. The number of hydrogen-bond donors (Lipinski definition) is 0. The van der Waals surface area contributed by atoms with Gasteiger partial charge in [0.05, 0.1) is 0 Å². The van der Waals surface area contributed by atoms with Gasteiger partial charge < -0.3 is 9.47 Å². The fourth-order valence-electron chi connectivity index (χ4n) is 2.13. The molecule has 100 valence electrons. The smallest absolute Gasteiger partial charge is 0.199 e. The Morgan fingerprint density at radius 2 is 1.95 bits per heavy atom. The molecule has 0 spiro atoms. The molecule has 4 rings (SSSR count). The van der Waals surface area contributed by atoms with Crippen LogP contribution in [0.25, 0.3) is 5.65 Å². The highest BCUT2D eigenvalue weighted by atomic mass is 35.5. The lowest BCUT2D eigenvalue weighted by atomic mass is 10.2. The summed E-state index contributed by atoms with van der Waals surface area (Å²) < 4.78 is 13.1. The molecule has 0 bridgehead atoms. The molecule has 0 saturated heterocycles. The number of ether oxygens (including phenoxy) is 2. The number of fused-ring (bicyclic) bond motifs is 2. The van der Waals surface area contributed by atoms with E-state index in [1.807, 2.05) is 24.3 Å². The maximum absolute atomic E-state index is 5.91. The Morgan fingerprint density at radius 1 is 1.10 bits per heavy atom. The summed E-state index contributed by atoms with van der Waals surface area (Å²) >= 11 is 5.91. The van der Waals surface area contributed by atoms with Gasteiger partial charge in [0.25, 0.3) is 0 Å². The van der Waals surface area contributed by atoms with Gasteiger partial charge in [0.2, 0.25) is 0 Å². The molecule has 3 aromatic rings. The van der Waals surface area contributed by atoms with Gasteiger partial charge in [-0.3, -0.25) is 0 Å². The Morgan fingerprint density at radius 3 is 2.85 bits per heavy atom. The predicted octanol–water partition coefficient (Wildman–Crippen LogP) is 2.29. The van der Waals surface area contributed by atoms with Crippen LogP contribution >= 0.6 is 11.6 Å². The minimum Gasteiger partial charge on any atom is -0.485 e. The van der Waals surface area contributed by atoms with Crippen molar-refractivity contribution in [1.29, 1.82) is 0 Å². The highest BCUT2D eigenvalue weighted by molar-refractivity contribution is 6.29. The Hall–Kier alpha value is -2.34. The second-order valence-corrected chi connectivity index (χ2v) is 4.74. The van der Waals surface area contributed by atoms with E-state index >= 15 is 0 Å². The van der Waals surface area contributed by atoms with Gasteiger partial charge in [-0.1, -0.05) is 23.7 Å². The van der Waals surface area contributed by atoms with Gasteiger partial charge in [-0.25, -0.2) is 0 Å². The van der Waals surface area contributed by atoms with E-state index in [-0.39, 0.29) is 6.10 Å². The van der Waals surface area contributed by atoms with Crippen LogP contribution in [0.5, 0.6) is 11.5 Å². The third-order valence-electron chi connectivity index (χ3n) is 3.05. The Labute approximate surface area is 118 Å². The molecule has 1 aromatic carbocycles. The summed E-state index contributed by atoms with van der Waals surface area (Å²) in [5, 5.41) is 12.7. The zero-order valence-corrected chi connectivity index (χ0v) is 11.0. The summed E-state index contributed by atoms with van der Waals surface area (Å²) in [5.41, 5.74) is 0.617. The minimum absolute atomic E-state index is 0.353. The Bertz CT molecular complexity index is 789. The van der Waals surface area contributed by atoms with E-state index < -0.39 is 0 Å². The molecule has 20 heavy (non-hydrogen) atoms. The first-order valence-electron chi connectivity index (χ1n) is 6.07. The molecule has 0 saturated carbocycles. The molecule has 7 heteroatoms. The molecule has 0 fully saturated rings. The van der Waals surface area contributed by atoms with Crippen LogP contribution in [0, 0.1) is 0 Å². The van der Waals surface area contributed by atoms with Gasteiger partial charge in [0.15, 0.2) is 29.1 Å². The maximum atomic E-state index is 5.91. The first-order chi connectivity index (χ1) is 9.81. The molecule has 0 aliphatic carbocycles. The lowest BCUT2D eigenvalue weighted by Gasteiger charge is -2.24.